The van der Waals surface area contributed by atoms with Crippen LogP contribution >= 0.6 is 43.5 Å². The summed E-state index contributed by atoms with van der Waals surface area (Å²) >= 11 is 12.5. The second kappa shape index (κ2) is 6.45. The Morgan fingerprint density at radius 2 is 1.95 bits per heavy atom. The first kappa shape index (κ1) is 14.4. The van der Waals surface area contributed by atoms with E-state index < -0.39 is 5.38 Å². The molecule has 1 N–H and O–H groups in total. The van der Waals surface area contributed by atoms with Crippen molar-refractivity contribution in [2.45, 2.75) is 5.38 Å². The quantitative estimate of drug-likeness (QED) is 0.788. The van der Waals surface area contributed by atoms with E-state index in [0.717, 1.165) is 5.56 Å². The number of aromatic nitrogens is 2. The third-order valence-corrected chi connectivity index (χ3v) is 3.65. The molecule has 98 valence electrons. The zero-order chi connectivity index (χ0) is 13.8. The van der Waals surface area contributed by atoms with Crippen LogP contribution in [0.2, 0.25) is 0 Å². The second-order valence-corrected chi connectivity index (χ2v) is 5.59. The number of nitrogens with zero attached hydrogens (tertiary/aromatic N) is 2. The summed E-state index contributed by atoms with van der Waals surface area (Å²) < 4.78 is 1.01. The molecule has 2 aromatic rings. The third-order valence-electron chi connectivity index (χ3n) is 2.26. The molecule has 0 aliphatic rings. The summed E-state index contributed by atoms with van der Waals surface area (Å²) in [6, 6.07) is 9.10. The van der Waals surface area contributed by atoms with Crippen molar-refractivity contribution in [3.63, 3.8) is 0 Å². The van der Waals surface area contributed by atoms with E-state index >= 15 is 0 Å². The number of hydrogen-bond acceptors (Lipinski definition) is 3. The van der Waals surface area contributed by atoms with Crippen molar-refractivity contribution < 1.29 is 4.79 Å². The Kier molecular flexibility index (Phi) is 4.90. The van der Waals surface area contributed by atoms with E-state index in [1.54, 1.807) is 12.1 Å². The lowest BCUT2D eigenvalue weighted by Crippen LogP contribution is -2.18. The fourth-order valence-electron chi connectivity index (χ4n) is 1.38. The minimum atomic E-state index is -0.779. The first-order valence-corrected chi connectivity index (χ1v) is 7.28. The van der Waals surface area contributed by atoms with E-state index in [-0.39, 0.29) is 5.91 Å². The average Bonchev–Trinajstić information content (AvgIpc) is 2.42. The number of nitrogens with one attached hydrogen (secondary N) is 1. The van der Waals surface area contributed by atoms with Crippen LogP contribution < -0.4 is 5.32 Å². The highest BCUT2D eigenvalue weighted by molar-refractivity contribution is 9.11. The molecular formula is C12H8Br2ClN3O. The molecule has 0 saturated carbocycles. The Labute approximate surface area is 131 Å². The maximum atomic E-state index is 12.0. The molecular weight excluding hydrogens is 397 g/mol. The van der Waals surface area contributed by atoms with Gasteiger partial charge in [-0.3, -0.25) is 4.79 Å². The number of carbonyl (C=O) groups is 1. The monoisotopic (exact) mass is 403 g/mol. The minimum Gasteiger partial charge on any atom is -0.307 e. The van der Waals surface area contributed by atoms with Crippen LogP contribution in [0.25, 0.3) is 0 Å². The van der Waals surface area contributed by atoms with E-state index in [4.69, 9.17) is 11.6 Å². The topological polar surface area (TPSA) is 54.9 Å². The van der Waals surface area contributed by atoms with E-state index in [2.05, 4.69) is 47.1 Å². The zero-order valence-corrected chi connectivity index (χ0v) is 13.4. The molecule has 2 rings (SSSR count). The van der Waals surface area contributed by atoms with Crippen molar-refractivity contribution in [1.82, 2.24) is 9.97 Å². The maximum Gasteiger partial charge on any atom is 0.248 e. The van der Waals surface area contributed by atoms with Crippen LogP contribution in [0.4, 0.5) is 5.82 Å². The largest absolute Gasteiger partial charge is 0.307 e. The van der Waals surface area contributed by atoms with Gasteiger partial charge in [-0.1, -0.05) is 30.3 Å². The molecule has 0 saturated heterocycles. The summed E-state index contributed by atoms with van der Waals surface area (Å²) in [4.78, 5) is 20.1. The Bertz CT molecular complexity index is 595. The van der Waals surface area contributed by atoms with Crippen molar-refractivity contribution in [2.75, 3.05) is 5.32 Å². The number of halogens is 3. The van der Waals surface area contributed by atoms with Gasteiger partial charge in [-0.25, -0.2) is 9.97 Å². The lowest BCUT2D eigenvalue weighted by molar-refractivity contribution is -0.116. The van der Waals surface area contributed by atoms with Gasteiger partial charge in [0.05, 0.1) is 6.20 Å². The van der Waals surface area contributed by atoms with Crippen molar-refractivity contribution in [3.05, 3.63) is 51.3 Å². The van der Waals surface area contributed by atoms with Crippen LogP contribution in [0.3, 0.4) is 0 Å². The van der Waals surface area contributed by atoms with Crippen molar-refractivity contribution in [3.8, 4) is 0 Å². The number of amides is 1. The molecule has 1 heterocycles. The van der Waals surface area contributed by atoms with Gasteiger partial charge in [-0.15, -0.1) is 11.6 Å². The summed E-state index contributed by atoms with van der Waals surface area (Å²) in [5.74, 6) is -0.0278. The fourth-order valence-corrected chi connectivity index (χ4v) is 2.49. The Morgan fingerprint density at radius 3 is 2.58 bits per heavy atom. The molecule has 1 amide bonds. The number of rotatable bonds is 3. The van der Waals surface area contributed by atoms with Gasteiger partial charge >= 0.3 is 0 Å². The number of benzene rings is 1. The Hall–Kier alpha value is -0.980. The molecule has 1 unspecified atom stereocenters. The predicted molar refractivity (Wildman–Crippen MR) is 81.1 cm³/mol. The van der Waals surface area contributed by atoms with Crippen LogP contribution in [0.5, 0.6) is 0 Å². The standard InChI is InChI=1S/C12H8Br2ClN3O/c13-8-6-16-11(10(14)17-8)18-12(19)9(15)7-4-2-1-3-5-7/h1-6,9H,(H,16,18,19). The molecule has 0 bridgehead atoms. The molecule has 0 spiro atoms. The summed E-state index contributed by atoms with van der Waals surface area (Å²) in [5, 5.41) is 1.84. The molecule has 7 heteroatoms. The minimum absolute atomic E-state index is 0.329. The molecule has 0 aliphatic heterocycles. The fraction of sp³-hybridized carbons (Fsp3) is 0.0833. The smallest absolute Gasteiger partial charge is 0.248 e. The van der Waals surface area contributed by atoms with Crippen molar-refractivity contribution in [1.29, 1.82) is 0 Å². The van der Waals surface area contributed by atoms with E-state index in [9.17, 15) is 4.79 Å². The summed E-state index contributed by atoms with van der Waals surface area (Å²) in [6.45, 7) is 0. The molecule has 0 fully saturated rings. The van der Waals surface area contributed by atoms with Crippen LogP contribution in [-0.2, 0) is 4.79 Å². The molecule has 19 heavy (non-hydrogen) atoms. The summed E-state index contributed by atoms with van der Waals surface area (Å²) in [5.41, 5.74) is 0.725. The number of anilines is 1. The maximum absolute atomic E-state index is 12.0. The third kappa shape index (κ3) is 3.75. The van der Waals surface area contributed by atoms with E-state index in [1.165, 1.54) is 6.20 Å². The normalized spacial score (nSPS) is 11.9. The first-order chi connectivity index (χ1) is 9.08. The highest BCUT2D eigenvalue weighted by Gasteiger charge is 2.19. The molecule has 1 aromatic carbocycles. The number of alkyl halides is 1. The molecule has 0 aliphatic carbocycles. The molecule has 0 radical (unpaired) electrons. The first-order valence-electron chi connectivity index (χ1n) is 5.26. The Balaban J connectivity index is 2.13. The van der Waals surface area contributed by atoms with Crippen LogP contribution in [0.15, 0.2) is 45.7 Å². The van der Waals surface area contributed by atoms with Crippen LogP contribution in [-0.4, -0.2) is 15.9 Å². The second-order valence-electron chi connectivity index (χ2n) is 3.59. The zero-order valence-electron chi connectivity index (χ0n) is 9.48. The average molecular weight is 405 g/mol. The lowest BCUT2D eigenvalue weighted by atomic mass is 10.1. The summed E-state index contributed by atoms with van der Waals surface area (Å²) in [7, 11) is 0. The van der Waals surface area contributed by atoms with Crippen molar-refractivity contribution >= 4 is 55.2 Å². The van der Waals surface area contributed by atoms with Gasteiger partial charge in [0, 0.05) is 0 Å². The SMILES string of the molecule is O=C(Nc1ncc(Br)nc1Br)C(Cl)c1ccccc1. The number of carbonyl (C=O) groups excluding carboxylic acids is 1. The van der Waals surface area contributed by atoms with Gasteiger partial charge in [0.15, 0.2) is 5.82 Å². The number of hydrogen-bond donors (Lipinski definition) is 1. The molecule has 1 aromatic heterocycles. The lowest BCUT2D eigenvalue weighted by Gasteiger charge is -2.10. The van der Waals surface area contributed by atoms with Gasteiger partial charge in [-0.05, 0) is 37.4 Å². The van der Waals surface area contributed by atoms with Gasteiger partial charge in [0.2, 0.25) is 5.91 Å². The molecule has 4 nitrogen and oxygen atoms in total. The van der Waals surface area contributed by atoms with Crippen LogP contribution in [0, 0.1) is 0 Å². The highest BCUT2D eigenvalue weighted by atomic mass is 79.9. The highest BCUT2D eigenvalue weighted by Crippen LogP contribution is 2.24. The van der Waals surface area contributed by atoms with E-state index in [0.29, 0.717) is 15.0 Å². The Morgan fingerprint density at radius 1 is 1.26 bits per heavy atom. The van der Waals surface area contributed by atoms with Gasteiger partial charge in [-0.2, -0.15) is 0 Å². The predicted octanol–water partition coefficient (Wildman–Crippen LogP) is 3.92. The molecule has 1 atom stereocenters. The van der Waals surface area contributed by atoms with Crippen molar-refractivity contribution in [2.24, 2.45) is 0 Å². The summed E-state index contributed by atoms with van der Waals surface area (Å²) in [6.07, 6.45) is 1.49. The van der Waals surface area contributed by atoms with E-state index in [1.807, 2.05) is 18.2 Å². The van der Waals surface area contributed by atoms with Gasteiger partial charge < -0.3 is 5.32 Å². The van der Waals surface area contributed by atoms with Gasteiger partial charge in [0.1, 0.15) is 14.6 Å². The van der Waals surface area contributed by atoms with Gasteiger partial charge in [0.25, 0.3) is 0 Å². The van der Waals surface area contributed by atoms with Crippen LogP contribution in [0.1, 0.15) is 10.9 Å².